The summed E-state index contributed by atoms with van der Waals surface area (Å²) in [5.41, 5.74) is -0.0369. The Labute approximate surface area is 128 Å². The molecule has 9 heteroatoms. The molecule has 2 atom stereocenters. The summed E-state index contributed by atoms with van der Waals surface area (Å²) in [7, 11) is 0. The number of carbonyl (C=O) groups excluding carboxylic acids is 1. The first kappa shape index (κ1) is 17.6. The van der Waals surface area contributed by atoms with Gasteiger partial charge in [-0.15, -0.1) is 0 Å². The number of aliphatic hydroxyl groups excluding tert-OH is 1. The number of nitrogens with zero attached hydrogens (tertiary/aromatic N) is 1. The third-order valence-electron chi connectivity index (χ3n) is 3.53. The average molecular weight is 338 g/mol. The van der Waals surface area contributed by atoms with E-state index in [1.54, 1.807) is 5.32 Å². The van der Waals surface area contributed by atoms with E-state index in [4.69, 9.17) is 0 Å². The van der Waals surface area contributed by atoms with Gasteiger partial charge in [-0.25, -0.2) is 8.78 Å². The molecular formula is C14H15F5N2O2. The molecule has 0 saturated carbocycles. The number of likely N-dealkylation sites (tertiary alicyclic amines) is 1. The van der Waals surface area contributed by atoms with Gasteiger partial charge in [0.2, 0.25) is 5.91 Å². The maximum absolute atomic E-state index is 13.8. The highest BCUT2D eigenvalue weighted by atomic mass is 19.4. The zero-order chi connectivity index (χ0) is 17.2. The maximum Gasteiger partial charge on any atom is 0.405 e. The zero-order valence-electron chi connectivity index (χ0n) is 11.9. The third kappa shape index (κ3) is 4.87. The normalized spacial score (nSPS) is 22.3. The summed E-state index contributed by atoms with van der Waals surface area (Å²) < 4.78 is 63.3. The summed E-state index contributed by atoms with van der Waals surface area (Å²) in [6, 6.07) is 2.04. The number of hydrogen-bond donors (Lipinski definition) is 2. The van der Waals surface area contributed by atoms with Gasteiger partial charge in [-0.1, -0.05) is 0 Å². The van der Waals surface area contributed by atoms with Crippen LogP contribution in [0.4, 0.5) is 22.0 Å². The molecule has 0 bridgehead atoms. The molecule has 0 aromatic heterocycles. The Morgan fingerprint density at radius 1 is 1.35 bits per heavy atom. The first-order valence-electron chi connectivity index (χ1n) is 6.86. The van der Waals surface area contributed by atoms with Gasteiger partial charge in [0, 0.05) is 18.2 Å². The number of β-amino-alcohol motifs (C(OH)–C–C–N with tert-alkyl or cyclic N) is 1. The minimum atomic E-state index is -4.53. The Morgan fingerprint density at radius 2 is 2.04 bits per heavy atom. The Morgan fingerprint density at radius 3 is 2.70 bits per heavy atom. The number of nitrogens with one attached hydrogen (secondary N) is 1. The second-order valence-corrected chi connectivity index (χ2v) is 5.39. The minimum absolute atomic E-state index is 0.0138. The van der Waals surface area contributed by atoms with E-state index in [1.165, 1.54) is 4.90 Å². The van der Waals surface area contributed by atoms with Gasteiger partial charge in [0.15, 0.2) is 0 Å². The second kappa shape index (κ2) is 6.79. The van der Waals surface area contributed by atoms with Crippen LogP contribution in [0.5, 0.6) is 0 Å². The summed E-state index contributed by atoms with van der Waals surface area (Å²) in [6.07, 6.45) is -5.35. The standard InChI is InChI=1S/C14H15F5N2O2/c15-8-1-2-11(16)10(3-8)12-4-9(22)5-21(12)6-13(23)20-7-14(17,18)19/h1-3,9,12,22H,4-7H2,(H,20,23). The molecular weight excluding hydrogens is 323 g/mol. The molecule has 1 aliphatic rings. The van der Waals surface area contributed by atoms with Crippen molar-refractivity contribution >= 4 is 5.91 Å². The molecule has 1 aromatic carbocycles. The molecule has 2 rings (SSSR count). The van der Waals surface area contributed by atoms with E-state index in [2.05, 4.69) is 0 Å². The highest BCUT2D eigenvalue weighted by Gasteiger charge is 2.35. The van der Waals surface area contributed by atoms with Gasteiger partial charge in [0.25, 0.3) is 0 Å². The maximum atomic E-state index is 13.8. The Hall–Kier alpha value is -1.74. The van der Waals surface area contributed by atoms with Crippen LogP contribution in [0.3, 0.4) is 0 Å². The summed E-state index contributed by atoms with van der Waals surface area (Å²) in [6.45, 7) is -1.94. The van der Waals surface area contributed by atoms with E-state index in [0.717, 1.165) is 18.2 Å². The van der Waals surface area contributed by atoms with Gasteiger partial charge in [-0.3, -0.25) is 9.69 Å². The smallest absolute Gasteiger partial charge is 0.392 e. The minimum Gasteiger partial charge on any atom is -0.392 e. The number of hydrogen-bond acceptors (Lipinski definition) is 3. The van der Waals surface area contributed by atoms with Crippen molar-refractivity contribution in [2.75, 3.05) is 19.6 Å². The van der Waals surface area contributed by atoms with Crippen LogP contribution < -0.4 is 5.32 Å². The van der Waals surface area contributed by atoms with Crippen molar-refractivity contribution in [3.05, 3.63) is 35.4 Å². The Kier molecular flexibility index (Phi) is 5.20. The van der Waals surface area contributed by atoms with Crippen LogP contribution in [0.1, 0.15) is 18.0 Å². The lowest BCUT2D eigenvalue weighted by molar-refractivity contribution is -0.139. The van der Waals surface area contributed by atoms with Crippen LogP contribution in [0.25, 0.3) is 0 Å². The quantitative estimate of drug-likeness (QED) is 0.823. The number of carbonyl (C=O) groups is 1. The van der Waals surface area contributed by atoms with Crippen LogP contribution in [0, 0.1) is 11.6 Å². The van der Waals surface area contributed by atoms with Crippen molar-refractivity contribution in [2.45, 2.75) is 24.7 Å². The molecule has 1 aliphatic heterocycles. The van der Waals surface area contributed by atoms with Crippen molar-refractivity contribution in [1.29, 1.82) is 0 Å². The van der Waals surface area contributed by atoms with Gasteiger partial charge in [-0.05, 0) is 24.6 Å². The lowest BCUT2D eigenvalue weighted by atomic mass is 10.0. The first-order chi connectivity index (χ1) is 10.7. The van der Waals surface area contributed by atoms with E-state index >= 15 is 0 Å². The Bertz CT molecular complexity index is 579. The molecule has 2 unspecified atom stereocenters. The van der Waals surface area contributed by atoms with Crippen LogP contribution in [-0.2, 0) is 4.79 Å². The molecule has 4 nitrogen and oxygen atoms in total. The summed E-state index contributed by atoms with van der Waals surface area (Å²) >= 11 is 0. The van der Waals surface area contributed by atoms with Gasteiger partial charge >= 0.3 is 6.18 Å². The van der Waals surface area contributed by atoms with E-state index < -0.39 is 49.0 Å². The number of alkyl halides is 3. The fourth-order valence-corrected chi connectivity index (χ4v) is 2.59. The molecule has 0 spiro atoms. The topological polar surface area (TPSA) is 52.6 Å². The number of aliphatic hydroxyl groups is 1. The molecule has 0 radical (unpaired) electrons. The van der Waals surface area contributed by atoms with Crippen molar-refractivity contribution in [3.63, 3.8) is 0 Å². The predicted molar refractivity (Wildman–Crippen MR) is 70.4 cm³/mol. The van der Waals surface area contributed by atoms with Crippen molar-refractivity contribution in [3.8, 4) is 0 Å². The van der Waals surface area contributed by atoms with E-state index in [9.17, 15) is 31.9 Å². The zero-order valence-corrected chi connectivity index (χ0v) is 11.9. The van der Waals surface area contributed by atoms with E-state index in [1.807, 2.05) is 0 Å². The fourth-order valence-electron chi connectivity index (χ4n) is 2.59. The monoisotopic (exact) mass is 338 g/mol. The summed E-state index contributed by atoms with van der Waals surface area (Å²) in [5.74, 6) is -2.28. The third-order valence-corrected chi connectivity index (χ3v) is 3.53. The Balaban J connectivity index is 2.08. The fraction of sp³-hybridized carbons (Fsp3) is 0.500. The molecule has 2 N–H and O–H groups in total. The highest BCUT2D eigenvalue weighted by Crippen LogP contribution is 2.33. The lowest BCUT2D eigenvalue weighted by Gasteiger charge is -2.24. The molecule has 1 saturated heterocycles. The van der Waals surface area contributed by atoms with Crippen LogP contribution in [0.2, 0.25) is 0 Å². The molecule has 1 fully saturated rings. The lowest BCUT2D eigenvalue weighted by Crippen LogP contribution is -2.41. The largest absolute Gasteiger partial charge is 0.405 e. The van der Waals surface area contributed by atoms with Crippen LogP contribution in [-0.4, -0.2) is 47.8 Å². The van der Waals surface area contributed by atoms with E-state index in [-0.39, 0.29) is 18.5 Å². The number of halogens is 5. The molecule has 1 amide bonds. The highest BCUT2D eigenvalue weighted by molar-refractivity contribution is 5.78. The first-order valence-corrected chi connectivity index (χ1v) is 6.86. The molecule has 0 aliphatic carbocycles. The van der Waals surface area contributed by atoms with Crippen molar-refractivity contribution in [2.24, 2.45) is 0 Å². The SMILES string of the molecule is O=C(CN1CC(O)CC1c1cc(F)ccc1F)NCC(F)(F)F. The van der Waals surface area contributed by atoms with Gasteiger partial charge in [0.1, 0.15) is 18.2 Å². The van der Waals surface area contributed by atoms with Crippen LogP contribution >= 0.6 is 0 Å². The average Bonchev–Trinajstić information content (AvgIpc) is 2.79. The molecule has 1 heterocycles. The van der Waals surface area contributed by atoms with Gasteiger partial charge in [0.05, 0.1) is 12.6 Å². The predicted octanol–water partition coefficient (Wildman–Crippen LogP) is 1.75. The summed E-state index contributed by atoms with van der Waals surface area (Å²) in [5, 5.41) is 11.4. The van der Waals surface area contributed by atoms with Gasteiger partial charge in [-0.2, -0.15) is 13.2 Å². The van der Waals surface area contributed by atoms with Crippen molar-refractivity contribution < 1.29 is 31.9 Å². The van der Waals surface area contributed by atoms with Crippen LogP contribution in [0.15, 0.2) is 18.2 Å². The molecule has 128 valence electrons. The molecule has 23 heavy (non-hydrogen) atoms. The van der Waals surface area contributed by atoms with Gasteiger partial charge < -0.3 is 10.4 Å². The second-order valence-electron chi connectivity index (χ2n) is 5.39. The number of rotatable bonds is 4. The van der Waals surface area contributed by atoms with Crippen molar-refractivity contribution in [1.82, 2.24) is 10.2 Å². The van der Waals surface area contributed by atoms with E-state index in [0.29, 0.717) is 0 Å². The summed E-state index contributed by atoms with van der Waals surface area (Å²) in [4.78, 5) is 12.9. The number of benzene rings is 1. The number of amides is 1. The molecule has 1 aromatic rings.